The van der Waals surface area contributed by atoms with E-state index in [9.17, 15) is 0 Å². The van der Waals surface area contributed by atoms with Crippen molar-refractivity contribution in [1.82, 2.24) is 5.32 Å². The van der Waals surface area contributed by atoms with Gasteiger partial charge in [0.25, 0.3) is 0 Å². The predicted molar refractivity (Wildman–Crippen MR) is 68.0 cm³/mol. The molecule has 1 atom stereocenters. The normalized spacial score (nSPS) is 20.8. The fourth-order valence-electron chi connectivity index (χ4n) is 2.21. The highest BCUT2D eigenvalue weighted by Crippen LogP contribution is 2.26. The smallest absolute Gasteiger partial charge is 0.0935 e. The van der Waals surface area contributed by atoms with E-state index in [0.717, 1.165) is 6.04 Å². The van der Waals surface area contributed by atoms with Gasteiger partial charge in [0.1, 0.15) is 0 Å². The molecule has 0 amide bonds. The molecule has 1 aliphatic heterocycles. The molecule has 3 heteroatoms. The highest BCUT2D eigenvalue weighted by atomic mass is 32.1. The van der Waals surface area contributed by atoms with E-state index in [0.29, 0.717) is 0 Å². The van der Waals surface area contributed by atoms with E-state index in [2.05, 4.69) is 35.6 Å². The highest BCUT2D eigenvalue weighted by Gasteiger charge is 2.15. The predicted octanol–water partition coefficient (Wildman–Crippen LogP) is 2.63. The summed E-state index contributed by atoms with van der Waals surface area (Å²) in [4.78, 5) is 2.39. The van der Waals surface area contributed by atoms with Crippen LogP contribution in [0.5, 0.6) is 0 Å². The Kier molecular flexibility index (Phi) is 3.65. The first-order valence-electron chi connectivity index (χ1n) is 5.76. The summed E-state index contributed by atoms with van der Waals surface area (Å²) in [5.74, 6) is 0. The van der Waals surface area contributed by atoms with Crippen molar-refractivity contribution in [1.29, 1.82) is 0 Å². The van der Waals surface area contributed by atoms with Crippen LogP contribution < -0.4 is 10.2 Å². The summed E-state index contributed by atoms with van der Waals surface area (Å²) in [6.45, 7) is 4.57. The van der Waals surface area contributed by atoms with Crippen molar-refractivity contribution in [2.75, 3.05) is 25.0 Å². The van der Waals surface area contributed by atoms with Crippen molar-refractivity contribution in [2.24, 2.45) is 0 Å². The average molecular weight is 224 g/mol. The Labute approximate surface area is 96.3 Å². The second kappa shape index (κ2) is 4.99. The molecular weight excluding hydrogens is 204 g/mol. The third-order valence-electron chi connectivity index (χ3n) is 3.16. The maximum atomic E-state index is 3.55. The van der Waals surface area contributed by atoms with Gasteiger partial charge in [-0.25, -0.2) is 0 Å². The van der Waals surface area contributed by atoms with E-state index in [-0.39, 0.29) is 0 Å². The van der Waals surface area contributed by atoms with Crippen LogP contribution in [0.2, 0.25) is 0 Å². The Morgan fingerprint density at radius 2 is 2.47 bits per heavy atom. The van der Waals surface area contributed by atoms with Gasteiger partial charge in [0, 0.05) is 19.6 Å². The van der Waals surface area contributed by atoms with Crippen LogP contribution in [0.4, 0.5) is 5.00 Å². The largest absolute Gasteiger partial charge is 0.366 e. The van der Waals surface area contributed by atoms with Gasteiger partial charge in [0.15, 0.2) is 0 Å². The first kappa shape index (κ1) is 11.0. The van der Waals surface area contributed by atoms with Crippen molar-refractivity contribution >= 4 is 16.3 Å². The number of nitrogens with zero attached hydrogens (tertiary/aromatic N) is 1. The zero-order valence-electron chi connectivity index (χ0n) is 9.62. The zero-order valence-corrected chi connectivity index (χ0v) is 10.4. The average Bonchev–Trinajstić information content (AvgIpc) is 2.84. The van der Waals surface area contributed by atoms with Gasteiger partial charge in [-0.15, -0.1) is 11.3 Å². The van der Waals surface area contributed by atoms with Crippen LogP contribution in [0.1, 0.15) is 24.8 Å². The maximum Gasteiger partial charge on any atom is 0.0935 e. The lowest BCUT2D eigenvalue weighted by atomic mass is 10.1. The molecule has 2 rings (SSSR count). The van der Waals surface area contributed by atoms with Gasteiger partial charge in [0.05, 0.1) is 5.00 Å². The lowest BCUT2D eigenvalue weighted by Gasteiger charge is -2.20. The molecule has 1 saturated heterocycles. The molecule has 1 aliphatic rings. The van der Waals surface area contributed by atoms with Crippen molar-refractivity contribution in [3.05, 3.63) is 17.0 Å². The molecule has 1 aromatic rings. The van der Waals surface area contributed by atoms with Gasteiger partial charge in [-0.3, -0.25) is 0 Å². The molecule has 1 aromatic heterocycles. The van der Waals surface area contributed by atoms with Crippen LogP contribution >= 0.6 is 11.3 Å². The highest BCUT2D eigenvalue weighted by molar-refractivity contribution is 7.14. The Balaban J connectivity index is 1.81. The van der Waals surface area contributed by atoms with E-state index in [1.54, 1.807) is 0 Å². The third kappa shape index (κ3) is 2.73. The molecule has 0 radical (unpaired) electrons. The van der Waals surface area contributed by atoms with Gasteiger partial charge in [-0.2, -0.15) is 0 Å². The topological polar surface area (TPSA) is 15.3 Å². The Morgan fingerprint density at radius 1 is 1.60 bits per heavy atom. The summed E-state index contributed by atoms with van der Waals surface area (Å²) >= 11 is 1.85. The Hall–Kier alpha value is -0.540. The van der Waals surface area contributed by atoms with Crippen molar-refractivity contribution in [3.63, 3.8) is 0 Å². The van der Waals surface area contributed by atoms with E-state index in [4.69, 9.17) is 0 Å². The van der Waals surface area contributed by atoms with Crippen molar-refractivity contribution in [2.45, 2.75) is 32.2 Å². The van der Waals surface area contributed by atoms with Crippen LogP contribution in [0, 0.1) is 6.92 Å². The van der Waals surface area contributed by atoms with Crippen LogP contribution in [0.25, 0.3) is 0 Å². The molecule has 84 valence electrons. The molecule has 1 N–H and O–H groups in total. The summed E-state index contributed by atoms with van der Waals surface area (Å²) in [7, 11) is 2.20. The SMILES string of the molecule is Cc1ccsc1N(C)CCC1CCCN1. The fraction of sp³-hybridized carbons (Fsp3) is 0.667. The summed E-state index contributed by atoms with van der Waals surface area (Å²) in [5, 5.41) is 7.15. The number of thiophene rings is 1. The zero-order chi connectivity index (χ0) is 10.7. The molecular formula is C12H20N2S. The Morgan fingerprint density at radius 3 is 3.07 bits per heavy atom. The molecule has 2 nitrogen and oxygen atoms in total. The quantitative estimate of drug-likeness (QED) is 0.846. The summed E-state index contributed by atoms with van der Waals surface area (Å²) < 4.78 is 0. The van der Waals surface area contributed by atoms with Crippen LogP contribution in [-0.2, 0) is 0 Å². The van der Waals surface area contributed by atoms with Gasteiger partial charge >= 0.3 is 0 Å². The first-order chi connectivity index (χ1) is 7.27. The number of rotatable bonds is 4. The second-order valence-corrected chi connectivity index (χ2v) is 5.31. The van der Waals surface area contributed by atoms with Gasteiger partial charge < -0.3 is 10.2 Å². The molecule has 1 unspecified atom stereocenters. The lowest BCUT2D eigenvalue weighted by molar-refractivity contribution is 0.559. The summed E-state index contributed by atoms with van der Waals surface area (Å²) in [5.41, 5.74) is 1.40. The third-order valence-corrected chi connectivity index (χ3v) is 4.29. The van der Waals surface area contributed by atoms with Crippen LogP contribution in [0.15, 0.2) is 11.4 Å². The van der Waals surface area contributed by atoms with Crippen LogP contribution in [-0.4, -0.2) is 26.2 Å². The van der Waals surface area contributed by atoms with Gasteiger partial charge in [-0.1, -0.05) is 0 Å². The number of hydrogen-bond acceptors (Lipinski definition) is 3. The minimum Gasteiger partial charge on any atom is -0.366 e. The molecule has 0 bridgehead atoms. The minimum absolute atomic E-state index is 0.757. The van der Waals surface area contributed by atoms with E-state index >= 15 is 0 Å². The number of anilines is 1. The molecule has 0 spiro atoms. The van der Waals surface area contributed by atoms with Crippen LogP contribution in [0.3, 0.4) is 0 Å². The molecule has 15 heavy (non-hydrogen) atoms. The monoisotopic (exact) mass is 224 g/mol. The van der Waals surface area contributed by atoms with Gasteiger partial charge in [0.2, 0.25) is 0 Å². The first-order valence-corrected chi connectivity index (χ1v) is 6.64. The number of aryl methyl sites for hydroxylation is 1. The van der Waals surface area contributed by atoms with Gasteiger partial charge in [-0.05, 0) is 49.7 Å². The maximum absolute atomic E-state index is 3.55. The van der Waals surface area contributed by atoms with E-state index in [1.807, 2.05) is 11.3 Å². The fourth-order valence-corrected chi connectivity index (χ4v) is 3.14. The molecule has 0 aromatic carbocycles. The molecule has 0 aliphatic carbocycles. The van der Waals surface area contributed by atoms with Crippen molar-refractivity contribution in [3.8, 4) is 0 Å². The minimum atomic E-state index is 0.757. The van der Waals surface area contributed by atoms with E-state index < -0.39 is 0 Å². The lowest BCUT2D eigenvalue weighted by Crippen LogP contribution is -2.28. The Bertz CT molecular complexity index is 302. The molecule has 1 fully saturated rings. The summed E-state index contributed by atoms with van der Waals surface area (Å²) in [6, 6.07) is 2.96. The van der Waals surface area contributed by atoms with Crippen molar-refractivity contribution < 1.29 is 0 Å². The number of nitrogens with one attached hydrogen (secondary N) is 1. The molecule has 0 saturated carbocycles. The van der Waals surface area contributed by atoms with E-state index in [1.165, 1.54) is 42.9 Å². The summed E-state index contributed by atoms with van der Waals surface area (Å²) in [6.07, 6.45) is 3.98. The number of hydrogen-bond donors (Lipinski definition) is 1. The standard InChI is InChI=1S/C12H20N2S/c1-10-6-9-15-12(10)14(2)8-5-11-4-3-7-13-11/h6,9,11,13H,3-5,7-8H2,1-2H3. The molecule has 2 heterocycles. The second-order valence-electron chi connectivity index (χ2n) is 4.41.